The van der Waals surface area contributed by atoms with Crippen molar-refractivity contribution in [1.29, 1.82) is 0 Å². The molecule has 0 fully saturated rings. The number of methoxy groups -OCH3 is 1. The number of hydrogen-bond acceptors (Lipinski definition) is 3. The molecule has 1 amide bonds. The maximum absolute atomic E-state index is 11.8. The number of aromatic nitrogens is 2. The van der Waals surface area contributed by atoms with Crippen LogP contribution in [0.2, 0.25) is 0 Å². The van der Waals surface area contributed by atoms with Gasteiger partial charge in [-0.15, -0.1) is 0 Å². The number of ether oxygens (including phenoxy) is 1. The SMILES string of the molecule is CCNC(=O)c1cnn2cc(Br)cc(OC)c12. The first kappa shape index (κ1) is 11.9. The van der Waals surface area contributed by atoms with E-state index in [2.05, 4.69) is 26.3 Å². The van der Waals surface area contributed by atoms with Gasteiger partial charge in [-0.05, 0) is 28.9 Å². The number of carbonyl (C=O) groups is 1. The van der Waals surface area contributed by atoms with Gasteiger partial charge in [0.15, 0.2) is 0 Å². The van der Waals surface area contributed by atoms with E-state index in [4.69, 9.17) is 4.74 Å². The molecule has 0 aliphatic rings. The highest BCUT2D eigenvalue weighted by atomic mass is 79.9. The molecule has 90 valence electrons. The highest BCUT2D eigenvalue weighted by Gasteiger charge is 2.16. The topological polar surface area (TPSA) is 55.6 Å². The lowest BCUT2D eigenvalue weighted by molar-refractivity contribution is 0.0957. The molecule has 1 N–H and O–H groups in total. The Hall–Kier alpha value is -1.56. The lowest BCUT2D eigenvalue weighted by atomic mass is 10.2. The van der Waals surface area contributed by atoms with E-state index in [0.29, 0.717) is 23.4 Å². The first-order valence-electron chi connectivity index (χ1n) is 5.16. The first-order valence-corrected chi connectivity index (χ1v) is 5.95. The zero-order chi connectivity index (χ0) is 12.4. The average molecular weight is 298 g/mol. The third-order valence-electron chi connectivity index (χ3n) is 2.35. The standard InChI is InChI=1S/C11H12BrN3O2/c1-3-13-11(16)8-5-14-15-6-7(12)4-9(17-2)10(8)15/h4-6H,3H2,1-2H3,(H,13,16). The summed E-state index contributed by atoms with van der Waals surface area (Å²) in [6.45, 7) is 2.45. The Morgan fingerprint density at radius 3 is 3.06 bits per heavy atom. The van der Waals surface area contributed by atoms with Crippen LogP contribution in [0, 0.1) is 0 Å². The minimum Gasteiger partial charge on any atom is -0.494 e. The molecule has 6 heteroatoms. The van der Waals surface area contributed by atoms with Crippen molar-refractivity contribution in [3.05, 3.63) is 28.5 Å². The van der Waals surface area contributed by atoms with Crippen LogP contribution in [0.5, 0.6) is 5.75 Å². The molecular weight excluding hydrogens is 286 g/mol. The zero-order valence-electron chi connectivity index (χ0n) is 9.53. The number of nitrogens with one attached hydrogen (secondary N) is 1. The maximum Gasteiger partial charge on any atom is 0.255 e. The van der Waals surface area contributed by atoms with Gasteiger partial charge < -0.3 is 10.1 Å². The highest BCUT2D eigenvalue weighted by molar-refractivity contribution is 9.10. The monoisotopic (exact) mass is 297 g/mol. The molecule has 2 rings (SSSR count). The highest BCUT2D eigenvalue weighted by Crippen LogP contribution is 2.26. The number of rotatable bonds is 3. The van der Waals surface area contributed by atoms with Crippen molar-refractivity contribution in [3.8, 4) is 5.75 Å². The largest absolute Gasteiger partial charge is 0.494 e. The summed E-state index contributed by atoms with van der Waals surface area (Å²) in [7, 11) is 1.57. The second kappa shape index (κ2) is 4.75. The van der Waals surface area contributed by atoms with Crippen molar-refractivity contribution in [2.45, 2.75) is 6.92 Å². The normalized spacial score (nSPS) is 10.5. The van der Waals surface area contributed by atoms with Crippen LogP contribution in [0.25, 0.3) is 5.52 Å². The van der Waals surface area contributed by atoms with E-state index >= 15 is 0 Å². The number of amides is 1. The van der Waals surface area contributed by atoms with Gasteiger partial charge in [-0.25, -0.2) is 4.52 Å². The van der Waals surface area contributed by atoms with E-state index in [1.165, 1.54) is 6.20 Å². The summed E-state index contributed by atoms with van der Waals surface area (Å²) in [6, 6.07) is 1.81. The van der Waals surface area contributed by atoms with E-state index in [1.54, 1.807) is 23.9 Å². The van der Waals surface area contributed by atoms with Gasteiger partial charge >= 0.3 is 0 Å². The number of fused-ring (bicyclic) bond motifs is 1. The van der Waals surface area contributed by atoms with Gasteiger partial charge in [-0.2, -0.15) is 5.10 Å². The molecule has 17 heavy (non-hydrogen) atoms. The van der Waals surface area contributed by atoms with Gasteiger partial charge in [0.1, 0.15) is 11.3 Å². The zero-order valence-corrected chi connectivity index (χ0v) is 11.1. The molecule has 0 atom stereocenters. The van der Waals surface area contributed by atoms with Crippen LogP contribution in [0.15, 0.2) is 22.9 Å². The summed E-state index contributed by atoms with van der Waals surface area (Å²) in [4.78, 5) is 11.8. The molecule has 0 bridgehead atoms. The van der Waals surface area contributed by atoms with Crippen molar-refractivity contribution in [2.24, 2.45) is 0 Å². The van der Waals surface area contributed by atoms with Crippen molar-refractivity contribution in [2.75, 3.05) is 13.7 Å². The molecule has 0 spiro atoms. The Balaban J connectivity index is 2.62. The Kier molecular flexibility index (Phi) is 3.33. The smallest absolute Gasteiger partial charge is 0.255 e. The van der Waals surface area contributed by atoms with Crippen molar-refractivity contribution in [3.63, 3.8) is 0 Å². The molecular formula is C11H12BrN3O2. The third kappa shape index (κ3) is 2.12. The molecule has 0 aromatic carbocycles. The summed E-state index contributed by atoms with van der Waals surface area (Å²) < 4.78 is 7.72. The molecule has 0 radical (unpaired) electrons. The summed E-state index contributed by atoms with van der Waals surface area (Å²) in [6.07, 6.45) is 3.32. The molecule has 2 heterocycles. The molecule has 0 unspecified atom stereocenters. The lowest BCUT2D eigenvalue weighted by Crippen LogP contribution is -2.22. The van der Waals surface area contributed by atoms with Gasteiger partial charge in [0.25, 0.3) is 5.91 Å². The average Bonchev–Trinajstić information content (AvgIpc) is 2.71. The Morgan fingerprint density at radius 2 is 2.41 bits per heavy atom. The molecule has 5 nitrogen and oxygen atoms in total. The van der Waals surface area contributed by atoms with Crippen LogP contribution in [0.1, 0.15) is 17.3 Å². The molecule has 0 saturated heterocycles. The number of pyridine rings is 1. The summed E-state index contributed by atoms with van der Waals surface area (Å²) in [5.41, 5.74) is 1.18. The van der Waals surface area contributed by atoms with Crippen molar-refractivity contribution < 1.29 is 9.53 Å². The summed E-state index contributed by atoms with van der Waals surface area (Å²) >= 11 is 3.36. The van der Waals surface area contributed by atoms with Crippen LogP contribution in [-0.2, 0) is 0 Å². The minimum absolute atomic E-state index is 0.150. The fraction of sp³-hybridized carbons (Fsp3) is 0.273. The maximum atomic E-state index is 11.8. The molecule has 2 aromatic rings. The number of carbonyl (C=O) groups excluding carboxylic acids is 1. The second-order valence-corrected chi connectivity index (χ2v) is 4.35. The van der Waals surface area contributed by atoms with Gasteiger partial charge in [0.05, 0.1) is 18.9 Å². The van der Waals surface area contributed by atoms with E-state index in [9.17, 15) is 4.79 Å². The van der Waals surface area contributed by atoms with E-state index < -0.39 is 0 Å². The van der Waals surface area contributed by atoms with Crippen LogP contribution in [0.3, 0.4) is 0 Å². The minimum atomic E-state index is -0.150. The second-order valence-electron chi connectivity index (χ2n) is 3.44. The Labute approximate surface area is 107 Å². The van der Waals surface area contributed by atoms with Gasteiger partial charge in [0.2, 0.25) is 0 Å². The van der Waals surface area contributed by atoms with Crippen LogP contribution in [0.4, 0.5) is 0 Å². The molecule has 0 aliphatic heterocycles. The van der Waals surface area contributed by atoms with Crippen molar-refractivity contribution >= 4 is 27.4 Å². The van der Waals surface area contributed by atoms with Crippen LogP contribution >= 0.6 is 15.9 Å². The Bertz CT molecular complexity index is 565. The number of hydrogen-bond donors (Lipinski definition) is 1. The van der Waals surface area contributed by atoms with Crippen molar-refractivity contribution in [1.82, 2.24) is 14.9 Å². The molecule has 0 saturated carbocycles. The summed E-state index contributed by atoms with van der Waals surface area (Å²) in [5, 5.41) is 6.88. The first-order chi connectivity index (χ1) is 8.17. The van der Waals surface area contributed by atoms with Gasteiger partial charge in [0, 0.05) is 17.2 Å². The molecule has 0 aliphatic carbocycles. The third-order valence-corrected chi connectivity index (χ3v) is 2.78. The fourth-order valence-corrected chi connectivity index (χ4v) is 2.03. The van der Waals surface area contributed by atoms with E-state index in [1.807, 2.05) is 6.92 Å². The van der Waals surface area contributed by atoms with Crippen LogP contribution in [-0.4, -0.2) is 29.2 Å². The predicted octanol–water partition coefficient (Wildman–Crippen LogP) is 1.86. The fourth-order valence-electron chi connectivity index (χ4n) is 1.63. The van der Waals surface area contributed by atoms with Gasteiger partial charge in [-0.1, -0.05) is 0 Å². The van der Waals surface area contributed by atoms with E-state index in [0.717, 1.165) is 4.47 Å². The summed E-state index contributed by atoms with van der Waals surface area (Å²) in [5.74, 6) is 0.459. The predicted molar refractivity (Wildman–Crippen MR) is 67.5 cm³/mol. The van der Waals surface area contributed by atoms with Crippen LogP contribution < -0.4 is 10.1 Å². The van der Waals surface area contributed by atoms with E-state index in [-0.39, 0.29) is 5.91 Å². The lowest BCUT2D eigenvalue weighted by Gasteiger charge is -2.06. The van der Waals surface area contributed by atoms with Gasteiger partial charge in [-0.3, -0.25) is 4.79 Å². The Morgan fingerprint density at radius 1 is 1.65 bits per heavy atom. The number of nitrogens with zero attached hydrogens (tertiary/aromatic N) is 2. The quantitative estimate of drug-likeness (QED) is 0.941. The molecule has 2 aromatic heterocycles. The number of halogens is 1.